The average Bonchev–Trinajstić information content (AvgIpc) is 3.24. The zero-order chi connectivity index (χ0) is 46.6. The first-order valence-electron chi connectivity index (χ1n) is 21.4. The Hall–Kier alpha value is -5.54. The molecule has 11 N–H and O–H groups in total. The lowest BCUT2D eigenvalue weighted by molar-refractivity contribution is -0.543. The van der Waals surface area contributed by atoms with Gasteiger partial charge in [-0.1, -0.05) is 44.2 Å². The SMILES string of the molecule is COC(=O)[C@H](Cc1ccccc1)NC(=O)[C@H](CC(N)=O)NC(=O)[C@H](CC(C)C)NC(=O)[C@@H](NC(=O)[C@H](C)NC(=O)CCCCC(=O)OC[C@@H]1CC[N+]2=C(N[C@H](CO)CC2)N1)[C@@H](C)O.[Cl-]. The number of amides is 6. The van der Waals surface area contributed by atoms with E-state index in [2.05, 4.69) is 41.8 Å². The standard InChI is InChI=1S/C42H65N9O12.ClH/c1-24(2)19-30(38(58)47-31(21-33(43)54)39(59)49-32(41(61)62-5)20-27-11-7-6-8-12-27)48-40(60)36(26(4)53)50-37(57)25(3)44-34(55)13-9-10-14-35(56)63-23-29-16-18-51-17-15-28(22-52)45-42(51)46-29;/h6-8,11-12,24-26,28-32,36,52-53H,9-10,13-23H2,1-5H3,(H8,43,44,45,46,47,48,49,50,54,55,57,58,59,60);1H/t25-,26+,28-,29-,30-,31-,32-,36-;/m0./s1. The van der Waals surface area contributed by atoms with Crippen molar-refractivity contribution in [2.75, 3.05) is 33.4 Å². The summed E-state index contributed by atoms with van der Waals surface area (Å²) in [4.78, 5) is 103. The van der Waals surface area contributed by atoms with E-state index in [1.54, 1.807) is 44.2 Å². The first-order chi connectivity index (χ1) is 29.9. The summed E-state index contributed by atoms with van der Waals surface area (Å²) in [6, 6.07) is 1.88. The lowest BCUT2D eigenvalue weighted by Gasteiger charge is -2.30. The number of unbranched alkanes of at least 4 members (excludes halogenated alkanes) is 1. The van der Waals surface area contributed by atoms with Crippen LogP contribution in [0, 0.1) is 5.92 Å². The van der Waals surface area contributed by atoms with E-state index in [0.717, 1.165) is 39.0 Å². The maximum atomic E-state index is 13.6. The van der Waals surface area contributed by atoms with E-state index in [4.69, 9.17) is 15.2 Å². The Morgan fingerprint density at radius 3 is 2.00 bits per heavy atom. The van der Waals surface area contributed by atoms with Crippen LogP contribution in [0.5, 0.6) is 0 Å². The van der Waals surface area contributed by atoms with Gasteiger partial charge in [0.2, 0.25) is 35.4 Å². The van der Waals surface area contributed by atoms with Crippen LogP contribution in [0.4, 0.5) is 0 Å². The zero-order valence-electron chi connectivity index (χ0n) is 37.2. The molecule has 2 aliphatic heterocycles. The van der Waals surface area contributed by atoms with E-state index in [0.29, 0.717) is 18.4 Å². The van der Waals surface area contributed by atoms with Crippen LogP contribution < -0.4 is 55.4 Å². The monoisotopic (exact) mass is 923 g/mol. The second-order valence-electron chi connectivity index (χ2n) is 16.4. The third-order valence-corrected chi connectivity index (χ3v) is 10.5. The lowest BCUT2D eigenvalue weighted by Crippen LogP contribution is -3.00. The minimum atomic E-state index is -1.58. The van der Waals surface area contributed by atoms with Crippen molar-refractivity contribution in [1.29, 1.82) is 0 Å². The molecule has 0 spiro atoms. The van der Waals surface area contributed by atoms with Gasteiger partial charge in [0, 0.05) is 32.1 Å². The Balaban J connectivity index is 0.0000141. The summed E-state index contributed by atoms with van der Waals surface area (Å²) in [5.41, 5.74) is 6.10. The molecule has 21 nitrogen and oxygen atoms in total. The average molecular weight is 924 g/mol. The summed E-state index contributed by atoms with van der Waals surface area (Å²) >= 11 is 0. The van der Waals surface area contributed by atoms with Crippen molar-refractivity contribution in [3.05, 3.63) is 35.9 Å². The fourth-order valence-corrected chi connectivity index (χ4v) is 6.96. The molecule has 0 saturated carbocycles. The van der Waals surface area contributed by atoms with Gasteiger partial charge in [0.25, 0.3) is 0 Å². The fraction of sp³-hybridized carbons (Fsp3) is 0.643. The number of methoxy groups -OCH3 is 1. The van der Waals surface area contributed by atoms with E-state index >= 15 is 0 Å². The maximum Gasteiger partial charge on any atom is 0.346 e. The number of nitrogens with zero attached hydrogens (tertiary/aromatic N) is 1. The molecule has 0 bridgehead atoms. The Kier molecular flexibility index (Phi) is 23.5. The Morgan fingerprint density at radius 2 is 1.39 bits per heavy atom. The molecule has 1 aromatic rings. The molecular formula is C42H66ClN9O12. The molecule has 22 heteroatoms. The van der Waals surface area contributed by atoms with E-state index in [1.807, 2.05) is 0 Å². The van der Waals surface area contributed by atoms with Gasteiger partial charge in [-0.05, 0) is 44.6 Å². The summed E-state index contributed by atoms with van der Waals surface area (Å²) in [6.45, 7) is 8.00. The Bertz CT molecular complexity index is 1780. The largest absolute Gasteiger partial charge is 1.00 e. The summed E-state index contributed by atoms with van der Waals surface area (Å²) < 4.78 is 12.4. The zero-order valence-corrected chi connectivity index (χ0v) is 37.9. The molecule has 0 fully saturated rings. The van der Waals surface area contributed by atoms with Gasteiger partial charge in [-0.25, -0.2) is 4.79 Å². The van der Waals surface area contributed by atoms with Crippen LogP contribution >= 0.6 is 0 Å². The maximum absolute atomic E-state index is 13.6. The van der Waals surface area contributed by atoms with Gasteiger partial charge < -0.3 is 64.4 Å². The van der Waals surface area contributed by atoms with Crippen molar-refractivity contribution in [2.24, 2.45) is 11.7 Å². The van der Waals surface area contributed by atoms with Crippen LogP contribution in [0.1, 0.15) is 84.6 Å². The fourth-order valence-electron chi connectivity index (χ4n) is 6.96. The van der Waals surface area contributed by atoms with Crippen LogP contribution in [0.2, 0.25) is 0 Å². The predicted octanol–water partition coefficient (Wildman–Crippen LogP) is -5.66. The van der Waals surface area contributed by atoms with Crippen molar-refractivity contribution in [2.45, 2.75) is 134 Å². The van der Waals surface area contributed by atoms with E-state index in [-0.39, 0.29) is 69.3 Å². The van der Waals surface area contributed by atoms with E-state index in [9.17, 15) is 48.6 Å². The third kappa shape index (κ3) is 18.7. The first kappa shape index (κ1) is 54.6. The number of primary amides is 1. The molecule has 358 valence electrons. The number of esters is 2. The number of halogens is 1. The van der Waals surface area contributed by atoms with E-state index in [1.165, 1.54) is 13.8 Å². The molecule has 6 amide bonds. The highest BCUT2D eigenvalue weighted by Crippen LogP contribution is 2.11. The van der Waals surface area contributed by atoms with Gasteiger partial charge >= 0.3 is 17.9 Å². The van der Waals surface area contributed by atoms with Crippen LogP contribution in [0.25, 0.3) is 0 Å². The molecule has 3 rings (SSSR count). The molecule has 2 aliphatic rings. The Labute approximate surface area is 379 Å². The number of hydrogen-bond donors (Lipinski definition) is 10. The van der Waals surface area contributed by atoms with Crippen molar-refractivity contribution in [3.63, 3.8) is 0 Å². The minimum Gasteiger partial charge on any atom is -1.00 e. The quantitative estimate of drug-likeness (QED) is 0.0249. The number of aliphatic hydroxyl groups excluding tert-OH is 2. The van der Waals surface area contributed by atoms with Gasteiger partial charge in [0.1, 0.15) is 48.9 Å². The predicted molar refractivity (Wildman–Crippen MR) is 227 cm³/mol. The summed E-state index contributed by atoms with van der Waals surface area (Å²) in [6.07, 6.45) is 0.373. The summed E-state index contributed by atoms with van der Waals surface area (Å²) in [5, 5.41) is 38.9. The molecule has 2 heterocycles. The molecule has 0 aliphatic carbocycles. The molecule has 0 aromatic heterocycles. The highest BCUT2D eigenvalue weighted by atomic mass is 35.5. The number of carbonyl (C=O) groups is 8. The number of benzene rings is 1. The number of ether oxygens (including phenoxy) is 2. The normalized spacial score (nSPS) is 18.3. The molecule has 64 heavy (non-hydrogen) atoms. The first-order valence-corrected chi connectivity index (χ1v) is 21.4. The summed E-state index contributed by atoms with van der Waals surface area (Å²) in [5.74, 6) is -5.52. The Morgan fingerprint density at radius 1 is 0.797 bits per heavy atom. The van der Waals surface area contributed by atoms with Crippen molar-refractivity contribution in [3.8, 4) is 0 Å². The van der Waals surface area contributed by atoms with Crippen molar-refractivity contribution < 1.29 is 75.0 Å². The molecular weight excluding hydrogens is 858 g/mol. The third-order valence-electron chi connectivity index (χ3n) is 10.5. The van der Waals surface area contributed by atoms with Crippen LogP contribution in [0.3, 0.4) is 0 Å². The number of hydrogen-bond acceptors (Lipinski definition) is 14. The smallest absolute Gasteiger partial charge is 0.346 e. The number of aliphatic hydroxyl groups is 2. The van der Waals surface area contributed by atoms with Crippen molar-refractivity contribution >= 4 is 53.3 Å². The second kappa shape index (κ2) is 27.6. The van der Waals surface area contributed by atoms with Crippen LogP contribution in [-0.2, 0) is 54.3 Å². The van der Waals surface area contributed by atoms with Gasteiger partial charge in [-0.3, -0.25) is 48.8 Å². The molecule has 1 aromatic carbocycles. The minimum absolute atomic E-state index is 0. The highest BCUT2D eigenvalue weighted by Gasteiger charge is 2.35. The lowest BCUT2D eigenvalue weighted by atomic mass is 10.0. The van der Waals surface area contributed by atoms with Crippen molar-refractivity contribution in [1.82, 2.24) is 37.2 Å². The van der Waals surface area contributed by atoms with Gasteiger partial charge in [0.15, 0.2) is 0 Å². The van der Waals surface area contributed by atoms with Gasteiger partial charge in [0.05, 0.1) is 39.3 Å². The van der Waals surface area contributed by atoms with E-state index < -0.39 is 90.1 Å². The van der Waals surface area contributed by atoms with Crippen LogP contribution in [-0.4, -0.2) is 150 Å². The number of guanidine groups is 1. The number of nitrogens with two attached hydrogens (primary N) is 1. The molecule has 8 atom stereocenters. The summed E-state index contributed by atoms with van der Waals surface area (Å²) in [7, 11) is 1.15. The topological polar surface area (TPSA) is 309 Å². The molecule has 0 saturated heterocycles. The number of nitrogens with one attached hydrogen (secondary N) is 7. The van der Waals surface area contributed by atoms with Gasteiger partial charge in [-0.2, -0.15) is 0 Å². The molecule has 0 unspecified atom stereocenters. The number of carbonyl (C=O) groups excluding carboxylic acids is 8. The number of rotatable bonds is 25. The van der Waals surface area contributed by atoms with Crippen LogP contribution in [0.15, 0.2) is 30.3 Å². The second-order valence-corrected chi connectivity index (χ2v) is 16.4. The highest BCUT2D eigenvalue weighted by molar-refractivity contribution is 5.97. The van der Waals surface area contributed by atoms with Gasteiger partial charge in [-0.15, -0.1) is 0 Å². The molecule has 0 radical (unpaired) electrons.